The van der Waals surface area contributed by atoms with Gasteiger partial charge in [-0.1, -0.05) is 32.3 Å². The zero-order chi connectivity index (χ0) is 15.5. The van der Waals surface area contributed by atoms with Crippen molar-refractivity contribution in [3.63, 3.8) is 0 Å². The molecule has 0 aliphatic heterocycles. The minimum Gasteiger partial charge on any atom is -0.382 e. The van der Waals surface area contributed by atoms with E-state index in [1.54, 1.807) is 26.2 Å². The summed E-state index contributed by atoms with van der Waals surface area (Å²) in [4.78, 5) is 0.348. The maximum Gasteiger partial charge on any atom is 0.242 e. The van der Waals surface area contributed by atoms with Crippen LogP contribution in [0, 0.1) is 5.92 Å². The topological polar surface area (TPSA) is 49.4 Å². The summed E-state index contributed by atoms with van der Waals surface area (Å²) >= 11 is 0. The van der Waals surface area contributed by atoms with E-state index >= 15 is 0 Å². The first-order chi connectivity index (χ1) is 9.95. The lowest BCUT2D eigenvalue weighted by Gasteiger charge is -2.32. The first-order valence-corrected chi connectivity index (χ1v) is 9.18. The van der Waals surface area contributed by atoms with Gasteiger partial charge in [0.25, 0.3) is 0 Å². The fraction of sp³-hybridized carbons (Fsp3) is 0.625. The van der Waals surface area contributed by atoms with Gasteiger partial charge >= 0.3 is 0 Å². The monoisotopic (exact) mass is 310 g/mol. The molecule has 118 valence electrons. The van der Waals surface area contributed by atoms with Crippen molar-refractivity contribution in [2.24, 2.45) is 5.92 Å². The maximum atomic E-state index is 12.2. The Morgan fingerprint density at radius 1 is 1.24 bits per heavy atom. The third-order valence-corrected chi connectivity index (χ3v) is 6.21. The molecule has 1 N–H and O–H groups in total. The van der Waals surface area contributed by atoms with Crippen LogP contribution in [0.15, 0.2) is 29.2 Å². The molecule has 1 aliphatic carbocycles. The van der Waals surface area contributed by atoms with Crippen molar-refractivity contribution in [2.45, 2.75) is 50.0 Å². The van der Waals surface area contributed by atoms with Gasteiger partial charge in [-0.15, -0.1) is 0 Å². The van der Waals surface area contributed by atoms with Gasteiger partial charge in [-0.25, -0.2) is 12.7 Å². The SMILES string of the molecule is CCC1CCCCC1Nc1cccc(S(=O)(=O)N(C)C)c1. The minimum absolute atomic E-state index is 0.348. The lowest BCUT2D eigenvalue weighted by molar-refractivity contribution is 0.317. The molecule has 0 aromatic heterocycles. The quantitative estimate of drug-likeness (QED) is 0.907. The average Bonchev–Trinajstić information content (AvgIpc) is 2.48. The molecule has 1 aromatic carbocycles. The molecule has 2 atom stereocenters. The van der Waals surface area contributed by atoms with E-state index in [0.717, 1.165) is 5.69 Å². The van der Waals surface area contributed by atoms with E-state index in [1.807, 2.05) is 12.1 Å². The Balaban J connectivity index is 2.18. The lowest BCUT2D eigenvalue weighted by atomic mass is 9.83. The molecule has 2 rings (SSSR count). The zero-order valence-electron chi connectivity index (χ0n) is 13.2. The molecule has 0 bridgehead atoms. The van der Waals surface area contributed by atoms with Gasteiger partial charge in [0.1, 0.15) is 0 Å². The summed E-state index contributed by atoms with van der Waals surface area (Å²) in [5, 5.41) is 3.55. The van der Waals surface area contributed by atoms with E-state index in [-0.39, 0.29) is 0 Å². The van der Waals surface area contributed by atoms with Gasteiger partial charge < -0.3 is 5.32 Å². The largest absolute Gasteiger partial charge is 0.382 e. The second-order valence-corrected chi connectivity index (χ2v) is 8.17. The van der Waals surface area contributed by atoms with Gasteiger partial charge in [-0.05, 0) is 37.0 Å². The lowest BCUT2D eigenvalue weighted by Crippen LogP contribution is -2.31. The molecule has 0 saturated heterocycles. The number of rotatable bonds is 5. The van der Waals surface area contributed by atoms with Gasteiger partial charge in [0.2, 0.25) is 10.0 Å². The number of nitrogens with zero attached hydrogens (tertiary/aromatic N) is 1. The highest BCUT2D eigenvalue weighted by atomic mass is 32.2. The van der Waals surface area contributed by atoms with Gasteiger partial charge in [0.15, 0.2) is 0 Å². The highest BCUT2D eigenvalue weighted by Crippen LogP contribution is 2.30. The molecule has 1 aromatic rings. The number of sulfonamides is 1. The Hall–Kier alpha value is -1.07. The summed E-state index contributed by atoms with van der Waals surface area (Å²) in [7, 11) is -0.248. The standard InChI is InChI=1S/C16H26N2O2S/c1-4-13-8-5-6-11-16(13)17-14-9-7-10-15(12-14)21(19,20)18(2)3/h7,9-10,12-13,16-17H,4-6,8,11H2,1-3H3. The first-order valence-electron chi connectivity index (χ1n) is 7.74. The van der Waals surface area contributed by atoms with Gasteiger partial charge in [-0.3, -0.25) is 0 Å². The van der Waals surface area contributed by atoms with Gasteiger partial charge in [0.05, 0.1) is 4.90 Å². The van der Waals surface area contributed by atoms with Gasteiger partial charge in [-0.2, -0.15) is 0 Å². The third kappa shape index (κ3) is 3.77. The number of hydrogen-bond acceptors (Lipinski definition) is 3. The van der Waals surface area contributed by atoms with E-state index in [1.165, 1.54) is 36.4 Å². The van der Waals surface area contributed by atoms with E-state index in [0.29, 0.717) is 16.9 Å². The van der Waals surface area contributed by atoms with Crippen molar-refractivity contribution in [2.75, 3.05) is 19.4 Å². The summed E-state index contributed by atoms with van der Waals surface area (Å²) in [6.45, 7) is 2.23. The van der Waals surface area contributed by atoms with Crippen LogP contribution in [-0.2, 0) is 10.0 Å². The fourth-order valence-corrected chi connectivity index (χ4v) is 4.01. The Kier molecular flexibility index (Phi) is 5.27. The molecule has 1 saturated carbocycles. The highest BCUT2D eigenvalue weighted by molar-refractivity contribution is 7.89. The van der Waals surface area contributed by atoms with Crippen LogP contribution in [0.25, 0.3) is 0 Å². The van der Waals surface area contributed by atoms with E-state index in [2.05, 4.69) is 12.2 Å². The number of anilines is 1. The van der Waals surface area contributed by atoms with Crippen LogP contribution in [-0.4, -0.2) is 32.9 Å². The predicted octanol–water partition coefficient (Wildman–Crippen LogP) is 3.32. The Morgan fingerprint density at radius 2 is 1.95 bits per heavy atom. The predicted molar refractivity (Wildman–Crippen MR) is 87.0 cm³/mol. The van der Waals surface area contributed by atoms with Crippen molar-refractivity contribution in [3.8, 4) is 0 Å². The Bertz CT molecular complexity index is 569. The molecule has 0 spiro atoms. The smallest absolute Gasteiger partial charge is 0.242 e. The van der Waals surface area contributed by atoms with Crippen molar-refractivity contribution < 1.29 is 8.42 Å². The summed E-state index contributed by atoms with van der Waals surface area (Å²) in [6.07, 6.45) is 6.18. The maximum absolute atomic E-state index is 12.2. The summed E-state index contributed by atoms with van der Waals surface area (Å²) < 4.78 is 25.6. The Labute approximate surface area is 128 Å². The Morgan fingerprint density at radius 3 is 2.62 bits per heavy atom. The average molecular weight is 310 g/mol. The molecular formula is C16H26N2O2S. The van der Waals surface area contributed by atoms with Crippen LogP contribution in [0.1, 0.15) is 39.0 Å². The van der Waals surface area contributed by atoms with E-state index in [4.69, 9.17) is 0 Å². The second kappa shape index (κ2) is 6.79. The molecule has 1 fully saturated rings. The first kappa shape index (κ1) is 16.3. The number of hydrogen-bond donors (Lipinski definition) is 1. The molecule has 5 heteroatoms. The molecule has 21 heavy (non-hydrogen) atoms. The number of benzene rings is 1. The zero-order valence-corrected chi connectivity index (χ0v) is 14.0. The molecule has 1 aliphatic rings. The molecule has 0 radical (unpaired) electrons. The van der Waals surface area contributed by atoms with Crippen LogP contribution in [0.5, 0.6) is 0 Å². The number of nitrogens with one attached hydrogen (secondary N) is 1. The van der Waals surface area contributed by atoms with Crippen molar-refractivity contribution in [1.29, 1.82) is 0 Å². The van der Waals surface area contributed by atoms with Crippen molar-refractivity contribution in [3.05, 3.63) is 24.3 Å². The molecule has 2 unspecified atom stereocenters. The molecule has 0 amide bonds. The molecule has 0 heterocycles. The minimum atomic E-state index is -3.37. The second-order valence-electron chi connectivity index (χ2n) is 6.02. The summed E-state index contributed by atoms with van der Waals surface area (Å²) in [5.74, 6) is 0.688. The van der Waals surface area contributed by atoms with Crippen LogP contribution in [0.4, 0.5) is 5.69 Å². The fourth-order valence-electron chi connectivity index (χ4n) is 3.06. The van der Waals surface area contributed by atoms with Gasteiger partial charge in [0, 0.05) is 25.8 Å². The third-order valence-electron chi connectivity index (χ3n) is 4.40. The highest BCUT2D eigenvalue weighted by Gasteiger charge is 2.24. The van der Waals surface area contributed by atoms with Crippen LogP contribution >= 0.6 is 0 Å². The molecule has 4 nitrogen and oxygen atoms in total. The van der Waals surface area contributed by atoms with Crippen LogP contribution in [0.3, 0.4) is 0 Å². The van der Waals surface area contributed by atoms with E-state index in [9.17, 15) is 8.42 Å². The van der Waals surface area contributed by atoms with Crippen molar-refractivity contribution >= 4 is 15.7 Å². The summed E-state index contributed by atoms with van der Waals surface area (Å²) in [5.41, 5.74) is 0.906. The van der Waals surface area contributed by atoms with Crippen LogP contribution < -0.4 is 5.32 Å². The van der Waals surface area contributed by atoms with Crippen LogP contribution in [0.2, 0.25) is 0 Å². The molecular weight excluding hydrogens is 284 g/mol. The normalized spacial score (nSPS) is 23.2. The van der Waals surface area contributed by atoms with Crippen molar-refractivity contribution in [1.82, 2.24) is 4.31 Å². The summed E-state index contributed by atoms with van der Waals surface area (Å²) in [6, 6.07) is 7.62. The van der Waals surface area contributed by atoms with E-state index < -0.39 is 10.0 Å².